The zero-order valence-electron chi connectivity index (χ0n) is 15.7. The molecule has 5 nitrogen and oxygen atoms in total. The van der Waals surface area contributed by atoms with Crippen LogP contribution >= 0.6 is 0 Å². The highest BCUT2D eigenvalue weighted by atomic mass is 28.4. The lowest BCUT2D eigenvalue weighted by molar-refractivity contribution is -0.113. The van der Waals surface area contributed by atoms with Crippen LogP contribution in [0.2, 0.25) is 6.04 Å². The fourth-order valence-corrected chi connectivity index (χ4v) is 5.33. The quantitative estimate of drug-likeness (QED) is 0.338. The SMILES string of the molecule is CCO[Si](CCCC(C(C)=O)=C(O)c1ccccc1)(OCC)OCC. The topological polar surface area (TPSA) is 65.0 Å². The summed E-state index contributed by atoms with van der Waals surface area (Å²) >= 11 is 0. The molecule has 0 aromatic heterocycles. The largest absolute Gasteiger partial charge is 0.507 e. The summed E-state index contributed by atoms with van der Waals surface area (Å²) in [6.07, 6.45) is 1.11. The molecule has 0 bridgehead atoms. The normalized spacial score (nSPS) is 12.8. The van der Waals surface area contributed by atoms with Gasteiger partial charge in [0.25, 0.3) is 0 Å². The second-order valence-corrected chi connectivity index (χ2v) is 8.32. The number of allylic oxidation sites excluding steroid dienone is 1. The Morgan fingerprint density at radius 3 is 1.96 bits per heavy atom. The Bertz CT molecular complexity index is 539. The summed E-state index contributed by atoms with van der Waals surface area (Å²) in [6.45, 7) is 8.81. The number of hydrogen-bond donors (Lipinski definition) is 1. The molecule has 1 aromatic carbocycles. The van der Waals surface area contributed by atoms with E-state index in [1.807, 2.05) is 39.0 Å². The van der Waals surface area contributed by atoms with Gasteiger partial charge in [-0.1, -0.05) is 30.3 Å². The second kappa shape index (κ2) is 11.2. The summed E-state index contributed by atoms with van der Waals surface area (Å²) in [5, 5.41) is 10.5. The van der Waals surface area contributed by atoms with E-state index in [0.29, 0.717) is 49.8 Å². The van der Waals surface area contributed by atoms with Gasteiger partial charge in [0.05, 0.1) is 0 Å². The van der Waals surface area contributed by atoms with Crippen LogP contribution in [0.1, 0.15) is 46.1 Å². The highest BCUT2D eigenvalue weighted by Gasteiger charge is 2.39. The molecule has 0 aliphatic heterocycles. The Labute approximate surface area is 152 Å². The highest BCUT2D eigenvalue weighted by Crippen LogP contribution is 2.25. The number of Topliss-reactive ketones (excluding diaryl/α,β-unsaturated/α-hetero) is 1. The lowest BCUT2D eigenvalue weighted by Crippen LogP contribution is -2.45. The van der Waals surface area contributed by atoms with Crippen molar-refractivity contribution in [3.63, 3.8) is 0 Å². The highest BCUT2D eigenvalue weighted by molar-refractivity contribution is 6.60. The molecule has 6 heteroatoms. The molecule has 0 heterocycles. The van der Waals surface area contributed by atoms with E-state index in [9.17, 15) is 9.90 Å². The van der Waals surface area contributed by atoms with Crippen molar-refractivity contribution < 1.29 is 23.2 Å². The molecule has 1 aromatic rings. The molecule has 25 heavy (non-hydrogen) atoms. The van der Waals surface area contributed by atoms with Crippen molar-refractivity contribution in [3.05, 3.63) is 41.5 Å². The summed E-state index contributed by atoms with van der Waals surface area (Å²) < 4.78 is 17.5. The van der Waals surface area contributed by atoms with Gasteiger partial charge in [0.15, 0.2) is 5.78 Å². The third kappa shape index (κ3) is 6.74. The van der Waals surface area contributed by atoms with Crippen molar-refractivity contribution in [2.45, 2.75) is 46.6 Å². The van der Waals surface area contributed by atoms with E-state index >= 15 is 0 Å². The Hall–Kier alpha value is -1.47. The predicted octanol–water partition coefficient (Wildman–Crippen LogP) is 4.37. The third-order valence-corrected chi connectivity index (χ3v) is 6.91. The van der Waals surface area contributed by atoms with Crippen LogP contribution in [0.4, 0.5) is 0 Å². The van der Waals surface area contributed by atoms with Crippen LogP contribution in [-0.2, 0) is 18.1 Å². The molecular formula is C19H30O5Si. The molecule has 0 saturated heterocycles. The van der Waals surface area contributed by atoms with Crippen LogP contribution in [0.5, 0.6) is 0 Å². The summed E-state index contributed by atoms with van der Waals surface area (Å²) in [5.41, 5.74) is 1.08. The molecule has 1 N–H and O–H groups in total. The van der Waals surface area contributed by atoms with Crippen molar-refractivity contribution in [2.24, 2.45) is 0 Å². The Balaban J connectivity index is 2.88. The molecule has 140 valence electrons. The van der Waals surface area contributed by atoms with Gasteiger partial charge in [-0.25, -0.2) is 0 Å². The van der Waals surface area contributed by atoms with Gasteiger partial charge < -0.3 is 18.4 Å². The maximum atomic E-state index is 12.0. The minimum absolute atomic E-state index is 0.0459. The first-order valence-electron chi connectivity index (χ1n) is 8.90. The molecular weight excluding hydrogens is 336 g/mol. The number of rotatable bonds is 12. The monoisotopic (exact) mass is 366 g/mol. The van der Waals surface area contributed by atoms with Crippen LogP contribution < -0.4 is 0 Å². The fourth-order valence-electron chi connectivity index (χ4n) is 2.71. The van der Waals surface area contributed by atoms with Gasteiger partial charge in [-0.15, -0.1) is 0 Å². The van der Waals surface area contributed by atoms with Crippen LogP contribution in [0.25, 0.3) is 5.76 Å². The van der Waals surface area contributed by atoms with Crippen LogP contribution in [0.3, 0.4) is 0 Å². The number of carbonyl (C=O) groups excluding carboxylic acids is 1. The van der Waals surface area contributed by atoms with Gasteiger partial charge >= 0.3 is 8.80 Å². The average molecular weight is 367 g/mol. The van der Waals surface area contributed by atoms with Crippen molar-refractivity contribution in [1.29, 1.82) is 0 Å². The maximum absolute atomic E-state index is 12.0. The lowest BCUT2D eigenvalue weighted by Gasteiger charge is -2.28. The van der Waals surface area contributed by atoms with Crippen molar-refractivity contribution in [1.82, 2.24) is 0 Å². The van der Waals surface area contributed by atoms with E-state index in [0.717, 1.165) is 0 Å². The van der Waals surface area contributed by atoms with E-state index in [1.54, 1.807) is 12.1 Å². The summed E-state index contributed by atoms with van der Waals surface area (Å²) in [7, 11) is -2.73. The zero-order chi connectivity index (χ0) is 18.7. The number of benzene rings is 1. The van der Waals surface area contributed by atoms with Crippen molar-refractivity contribution in [2.75, 3.05) is 19.8 Å². The third-order valence-electron chi connectivity index (χ3n) is 3.76. The second-order valence-electron chi connectivity index (χ2n) is 5.58. The van der Waals surface area contributed by atoms with Gasteiger partial charge in [-0.05, 0) is 40.5 Å². The van der Waals surface area contributed by atoms with Gasteiger partial charge in [0.1, 0.15) is 5.76 Å². The molecule has 0 fully saturated rings. The number of ketones is 1. The summed E-state index contributed by atoms with van der Waals surface area (Å²) in [6, 6.07) is 9.73. The first-order chi connectivity index (χ1) is 12.0. The van der Waals surface area contributed by atoms with Crippen molar-refractivity contribution in [3.8, 4) is 0 Å². The van der Waals surface area contributed by atoms with Gasteiger partial charge in [0.2, 0.25) is 0 Å². The van der Waals surface area contributed by atoms with E-state index in [2.05, 4.69) is 0 Å². The van der Waals surface area contributed by atoms with E-state index in [-0.39, 0.29) is 11.5 Å². The Morgan fingerprint density at radius 1 is 1.00 bits per heavy atom. The molecule has 0 aliphatic carbocycles. The van der Waals surface area contributed by atoms with Crippen LogP contribution in [0, 0.1) is 0 Å². The Kier molecular flexibility index (Phi) is 9.66. The van der Waals surface area contributed by atoms with E-state index in [1.165, 1.54) is 6.92 Å². The summed E-state index contributed by atoms with van der Waals surface area (Å²) in [4.78, 5) is 12.0. The van der Waals surface area contributed by atoms with Gasteiger partial charge in [-0.3, -0.25) is 4.79 Å². The molecule has 1 rings (SSSR count). The van der Waals surface area contributed by atoms with Crippen LogP contribution in [-0.4, -0.2) is 39.5 Å². The average Bonchev–Trinajstić information content (AvgIpc) is 2.59. The number of aliphatic hydroxyl groups excluding tert-OH is 1. The fraction of sp³-hybridized carbons (Fsp3) is 0.526. The molecule has 0 saturated carbocycles. The smallest absolute Gasteiger partial charge is 0.500 e. The number of carbonyl (C=O) groups is 1. The van der Waals surface area contributed by atoms with Crippen molar-refractivity contribution >= 4 is 20.3 Å². The van der Waals surface area contributed by atoms with Crippen LogP contribution in [0.15, 0.2) is 35.9 Å². The number of hydrogen-bond acceptors (Lipinski definition) is 5. The zero-order valence-corrected chi connectivity index (χ0v) is 16.7. The molecule has 0 spiro atoms. The minimum atomic E-state index is -2.73. The Morgan fingerprint density at radius 2 is 1.52 bits per heavy atom. The molecule has 0 amide bonds. The molecule has 0 unspecified atom stereocenters. The molecule has 0 atom stereocenters. The standard InChI is InChI=1S/C19H30O5Si/c1-5-22-25(23-6-2,24-7-3)15-11-14-18(16(4)20)19(21)17-12-9-8-10-13-17/h8-10,12-13,21H,5-7,11,14-15H2,1-4H3. The predicted molar refractivity (Wildman–Crippen MR) is 101 cm³/mol. The lowest BCUT2D eigenvalue weighted by atomic mass is 10.0. The molecule has 0 aliphatic rings. The minimum Gasteiger partial charge on any atom is -0.507 e. The maximum Gasteiger partial charge on any atom is 0.500 e. The first-order valence-corrected chi connectivity index (χ1v) is 10.8. The van der Waals surface area contributed by atoms with Gasteiger partial charge in [-0.2, -0.15) is 0 Å². The summed E-state index contributed by atoms with van der Waals surface area (Å²) in [5.74, 6) is -0.0811. The van der Waals surface area contributed by atoms with E-state index in [4.69, 9.17) is 13.3 Å². The van der Waals surface area contributed by atoms with E-state index < -0.39 is 8.80 Å². The number of aliphatic hydroxyl groups is 1. The first kappa shape index (κ1) is 21.6. The van der Waals surface area contributed by atoms with Gasteiger partial charge in [0, 0.05) is 37.0 Å². The molecule has 0 radical (unpaired) electrons.